The van der Waals surface area contributed by atoms with Crippen LogP contribution in [-0.4, -0.2) is 30.0 Å². The highest BCUT2D eigenvalue weighted by Crippen LogP contribution is 2.33. The number of ether oxygens (including phenoxy) is 1. The van der Waals surface area contributed by atoms with Crippen LogP contribution in [0.3, 0.4) is 0 Å². The number of rotatable bonds is 6. The van der Waals surface area contributed by atoms with Crippen molar-refractivity contribution >= 4 is 5.91 Å². The second-order valence-electron chi connectivity index (χ2n) is 5.14. The Balaban J connectivity index is 2.29. The number of nitrogens with one attached hydrogen (secondary N) is 1. The molecule has 0 bridgehead atoms. The van der Waals surface area contributed by atoms with Gasteiger partial charge in [-0.3, -0.25) is 10.1 Å². The second-order valence-corrected chi connectivity index (χ2v) is 5.14. The van der Waals surface area contributed by atoms with E-state index in [-0.39, 0.29) is 24.2 Å². The van der Waals surface area contributed by atoms with Gasteiger partial charge in [0.2, 0.25) is 5.91 Å². The van der Waals surface area contributed by atoms with Crippen LogP contribution in [-0.2, 0) is 4.79 Å². The highest BCUT2D eigenvalue weighted by molar-refractivity contribution is 5.81. The summed E-state index contributed by atoms with van der Waals surface area (Å²) < 4.78 is 29.6. The monoisotopic (exact) mass is 298 g/mol. The summed E-state index contributed by atoms with van der Waals surface area (Å²) in [5, 5.41) is 3.08. The molecule has 1 aromatic rings. The molecule has 1 N–H and O–H groups in total. The minimum absolute atomic E-state index is 0.0206. The maximum atomic E-state index is 12.5. The molecule has 1 saturated heterocycles. The first kappa shape index (κ1) is 15.7. The summed E-state index contributed by atoms with van der Waals surface area (Å²) >= 11 is 0. The van der Waals surface area contributed by atoms with Crippen LogP contribution in [0.25, 0.3) is 0 Å². The lowest BCUT2D eigenvalue weighted by Crippen LogP contribution is -2.38. The highest BCUT2D eigenvalue weighted by atomic mass is 19.3. The Kier molecular flexibility index (Phi) is 5.12. The summed E-state index contributed by atoms with van der Waals surface area (Å²) in [5.74, 6) is 0.0844. The third-order valence-electron chi connectivity index (χ3n) is 3.62. The fourth-order valence-corrected chi connectivity index (χ4v) is 2.74. The van der Waals surface area contributed by atoms with Gasteiger partial charge in [0.1, 0.15) is 11.9 Å². The number of nitrogens with zero attached hydrogens (tertiary/aromatic N) is 1. The van der Waals surface area contributed by atoms with Crippen molar-refractivity contribution in [3.8, 4) is 5.75 Å². The first-order chi connectivity index (χ1) is 10.0. The highest BCUT2D eigenvalue weighted by Gasteiger charge is 2.36. The van der Waals surface area contributed by atoms with E-state index < -0.39 is 12.8 Å². The summed E-state index contributed by atoms with van der Waals surface area (Å²) in [4.78, 5) is 13.8. The summed E-state index contributed by atoms with van der Waals surface area (Å²) in [5.41, 5.74) is 0.562. The SMILES string of the molecule is CCCC(C)N1C(=O)CNC1c1ccccc1OC(F)F. The van der Waals surface area contributed by atoms with E-state index in [9.17, 15) is 13.6 Å². The normalized spacial score (nSPS) is 20.1. The lowest BCUT2D eigenvalue weighted by Gasteiger charge is -2.31. The molecule has 2 unspecified atom stereocenters. The number of hydrogen-bond donors (Lipinski definition) is 1. The van der Waals surface area contributed by atoms with E-state index in [1.54, 1.807) is 23.1 Å². The average Bonchev–Trinajstić information content (AvgIpc) is 2.81. The molecule has 2 rings (SSSR count). The molecule has 21 heavy (non-hydrogen) atoms. The first-order valence-corrected chi connectivity index (χ1v) is 7.12. The fraction of sp³-hybridized carbons (Fsp3) is 0.533. The zero-order chi connectivity index (χ0) is 15.4. The maximum absolute atomic E-state index is 12.5. The van der Waals surface area contributed by atoms with Gasteiger partial charge in [-0.05, 0) is 19.4 Å². The van der Waals surface area contributed by atoms with Crippen LogP contribution in [0.5, 0.6) is 5.75 Å². The zero-order valence-electron chi connectivity index (χ0n) is 12.2. The third kappa shape index (κ3) is 3.50. The number of halogens is 2. The summed E-state index contributed by atoms with van der Waals surface area (Å²) in [7, 11) is 0. The molecule has 0 saturated carbocycles. The fourth-order valence-electron chi connectivity index (χ4n) is 2.74. The standard InChI is InChI=1S/C15H20F2N2O2/c1-3-6-10(2)19-13(20)9-18-14(19)11-7-4-5-8-12(11)21-15(16)17/h4-5,7-8,10,14-15,18H,3,6,9H2,1-2H3. The van der Waals surface area contributed by atoms with E-state index in [4.69, 9.17) is 0 Å². The average molecular weight is 298 g/mol. The lowest BCUT2D eigenvalue weighted by molar-refractivity contribution is -0.130. The number of benzene rings is 1. The van der Waals surface area contributed by atoms with E-state index in [0.717, 1.165) is 12.8 Å². The summed E-state index contributed by atoms with van der Waals surface area (Å²) in [6.45, 7) is 1.34. The van der Waals surface area contributed by atoms with Gasteiger partial charge in [-0.2, -0.15) is 8.78 Å². The van der Waals surface area contributed by atoms with E-state index in [1.165, 1.54) is 6.07 Å². The largest absolute Gasteiger partial charge is 0.434 e. The van der Waals surface area contributed by atoms with Crippen LogP contribution in [0, 0.1) is 0 Å². The van der Waals surface area contributed by atoms with Crippen LogP contribution in [0.15, 0.2) is 24.3 Å². The predicted molar refractivity (Wildman–Crippen MR) is 75.0 cm³/mol. The zero-order valence-corrected chi connectivity index (χ0v) is 12.2. The number of amides is 1. The second kappa shape index (κ2) is 6.85. The van der Waals surface area contributed by atoms with Crippen LogP contribution in [0.4, 0.5) is 8.78 Å². The molecule has 0 radical (unpaired) electrons. The van der Waals surface area contributed by atoms with Crippen LogP contribution >= 0.6 is 0 Å². The number of carbonyl (C=O) groups is 1. The molecule has 1 fully saturated rings. The molecule has 0 spiro atoms. The van der Waals surface area contributed by atoms with E-state index in [0.29, 0.717) is 5.56 Å². The van der Waals surface area contributed by atoms with Gasteiger partial charge in [0.05, 0.1) is 6.54 Å². The molecular weight excluding hydrogens is 278 g/mol. The molecule has 6 heteroatoms. The molecule has 2 atom stereocenters. The van der Waals surface area contributed by atoms with Crippen molar-refractivity contribution in [1.82, 2.24) is 10.2 Å². The quantitative estimate of drug-likeness (QED) is 0.878. The molecule has 4 nitrogen and oxygen atoms in total. The summed E-state index contributed by atoms with van der Waals surface area (Å²) in [6.07, 6.45) is 1.39. The topological polar surface area (TPSA) is 41.6 Å². The molecule has 0 aromatic heterocycles. The van der Waals surface area contributed by atoms with Crippen LogP contribution < -0.4 is 10.1 Å². The van der Waals surface area contributed by atoms with Gasteiger partial charge in [0, 0.05) is 11.6 Å². The summed E-state index contributed by atoms with van der Waals surface area (Å²) in [6, 6.07) is 6.63. The van der Waals surface area contributed by atoms with Gasteiger partial charge in [-0.1, -0.05) is 31.5 Å². The Hall–Kier alpha value is -1.69. The van der Waals surface area contributed by atoms with Crippen molar-refractivity contribution < 1.29 is 18.3 Å². The molecule has 1 aromatic carbocycles. The molecule has 116 valence electrons. The van der Waals surface area contributed by atoms with Crippen LogP contribution in [0.1, 0.15) is 38.4 Å². The van der Waals surface area contributed by atoms with Gasteiger partial charge < -0.3 is 9.64 Å². The number of carbonyl (C=O) groups excluding carboxylic acids is 1. The molecule has 1 amide bonds. The van der Waals surface area contributed by atoms with Gasteiger partial charge in [-0.15, -0.1) is 0 Å². The van der Waals surface area contributed by atoms with Crippen molar-refractivity contribution in [1.29, 1.82) is 0 Å². The number of hydrogen-bond acceptors (Lipinski definition) is 3. The Morgan fingerprint density at radius 3 is 2.81 bits per heavy atom. The van der Waals surface area contributed by atoms with Crippen molar-refractivity contribution in [3.63, 3.8) is 0 Å². The Morgan fingerprint density at radius 1 is 1.43 bits per heavy atom. The van der Waals surface area contributed by atoms with Crippen LogP contribution in [0.2, 0.25) is 0 Å². The smallest absolute Gasteiger partial charge is 0.387 e. The minimum Gasteiger partial charge on any atom is -0.434 e. The first-order valence-electron chi connectivity index (χ1n) is 7.12. The lowest BCUT2D eigenvalue weighted by atomic mass is 10.1. The molecule has 0 aliphatic carbocycles. The van der Waals surface area contributed by atoms with Gasteiger partial charge >= 0.3 is 6.61 Å². The van der Waals surface area contributed by atoms with E-state index >= 15 is 0 Å². The van der Waals surface area contributed by atoms with Crippen molar-refractivity contribution in [2.45, 2.75) is 45.5 Å². The molecule has 1 heterocycles. The van der Waals surface area contributed by atoms with Crippen molar-refractivity contribution in [2.75, 3.05) is 6.54 Å². The van der Waals surface area contributed by atoms with Crippen molar-refractivity contribution in [3.05, 3.63) is 29.8 Å². The third-order valence-corrected chi connectivity index (χ3v) is 3.62. The van der Waals surface area contributed by atoms with Crippen molar-refractivity contribution in [2.24, 2.45) is 0 Å². The Labute approximate surface area is 123 Å². The Morgan fingerprint density at radius 2 is 2.14 bits per heavy atom. The van der Waals surface area contributed by atoms with Gasteiger partial charge in [0.25, 0.3) is 0 Å². The molecular formula is C15H20F2N2O2. The maximum Gasteiger partial charge on any atom is 0.387 e. The molecule has 1 aliphatic heterocycles. The minimum atomic E-state index is -2.88. The predicted octanol–water partition coefficient (Wildman–Crippen LogP) is 2.91. The van der Waals surface area contributed by atoms with E-state index in [2.05, 4.69) is 10.1 Å². The van der Waals surface area contributed by atoms with E-state index in [1.807, 2.05) is 13.8 Å². The Bertz CT molecular complexity index is 496. The van der Waals surface area contributed by atoms with Gasteiger partial charge in [0.15, 0.2) is 0 Å². The molecule has 1 aliphatic rings. The number of para-hydroxylation sites is 1. The number of alkyl halides is 2. The van der Waals surface area contributed by atoms with Gasteiger partial charge in [-0.25, -0.2) is 0 Å².